The van der Waals surface area contributed by atoms with Gasteiger partial charge in [0, 0.05) is 25.7 Å². The number of carbonyl (C=O) groups is 4. The lowest BCUT2D eigenvalue weighted by Gasteiger charge is -2.50. The van der Waals surface area contributed by atoms with Crippen LogP contribution >= 0.6 is 7.82 Å². The lowest BCUT2D eigenvalue weighted by Crippen LogP contribution is -2.70. The second kappa shape index (κ2) is 71.0. The van der Waals surface area contributed by atoms with E-state index in [0.29, 0.717) is 44.4 Å². The Morgan fingerprint density at radius 2 is 0.681 bits per heavy atom. The van der Waals surface area contributed by atoms with E-state index in [1.807, 2.05) is 0 Å². The van der Waals surface area contributed by atoms with Gasteiger partial charge in [-0.3, -0.25) is 28.2 Å². The summed E-state index contributed by atoms with van der Waals surface area (Å²) in [6, 6.07) is 0. The Labute approximate surface area is 717 Å². The number of carbonyl (C=O) groups excluding carboxylic acids is 4. The van der Waals surface area contributed by atoms with Gasteiger partial charge in [-0.15, -0.1) is 0 Å². The molecule has 26 heteroatoms. The van der Waals surface area contributed by atoms with Crippen molar-refractivity contribution in [1.29, 1.82) is 0 Å². The van der Waals surface area contributed by atoms with Gasteiger partial charge in [0.1, 0.15) is 92.6 Å². The molecule has 0 aromatic rings. The Balaban J connectivity index is 1.93. The number of allylic oxidation sites excluding steroid dienone is 4. The number of phosphoric acid groups is 1. The summed E-state index contributed by atoms with van der Waals surface area (Å²) in [4.78, 5) is 66.6. The molecule has 0 aromatic carbocycles. The molecule has 3 rings (SSSR count). The van der Waals surface area contributed by atoms with Crippen LogP contribution in [0.4, 0.5) is 0 Å². The zero-order chi connectivity index (χ0) is 86.9. The van der Waals surface area contributed by atoms with E-state index < -0.39 is 162 Å². The lowest BCUT2D eigenvalue weighted by molar-refractivity contribution is -0.360. The second-order valence-electron chi connectivity index (χ2n) is 34.5. The lowest BCUT2D eigenvalue weighted by atomic mass is 9.84. The van der Waals surface area contributed by atoms with Crippen LogP contribution in [0.3, 0.4) is 0 Å². The fraction of sp³-hybridized carbons (Fsp3) is 0.914. The van der Waals surface area contributed by atoms with Crippen LogP contribution in [0.1, 0.15) is 407 Å². The minimum absolute atomic E-state index is 0.00608. The molecule has 0 radical (unpaired) electrons. The summed E-state index contributed by atoms with van der Waals surface area (Å²) in [5, 5.41) is 102. The first-order valence-electron chi connectivity index (χ1n) is 48.0. The SMILES string of the molecule is CCCCCC/C=C\CCCCCCCCCC(=O)OCC(COP(=O)(O)OC1C(OC2OC(CO)C(O)C(O)C2O)C(O)C(O)C(OC(=O)CCCCCCCCC(C)CCCCCCCC)C1OC1OC(COC(=O)CCCCC/C=C\CCCCCCCC)C(O)C(O)C1O)OC(=O)CCCCCCCCCCCCCCCCCC. The Kier molecular flexibility index (Phi) is 65.7. The number of aliphatic hydroxyl groups is 9. The molecule has 0 spiro atoms. The zero-order valence-electron chi connectivity index (χ0n) is 74.6. The number of aliphatic hydroxyl groups excluding tert-OH is 9. The van der Waals surface area contributed by atoms with Crippen molar-refractivity contribution in [2.75, 3.05) is 26.4 Å². The van der Waals surface area contributed by atoms with Gasteiger partial charge in [0.05, 0.1) is 13.2 Å². The molecule has 3 fully saturated rings. The molecule has 2 heterocycles. The van der Waals surface area contributed by atoms with Crippen LogP contribution in [0.2, 0.25) is 0 Å². The summed E-state index contributed by atoms with van der Waals surface area (Å²) in [7, 11) is -5.81. The van der Waals surface area contributed by atoms with Crippen molar-refractivity contribution in [3.8, 4) is 0 Å². The van der Waals surface area contributed by atoms with E-state index >= 15 is 0 Å². The highest BCUT2D eigenvalue weighted by Crippen LogP contribution is 2.49. The van der Waals surface area contributed by atoms with Crippen LogP contribution < -0.4 is 0 Å². The Hall–Kier alpha value is -3.05. The largest absolute Gasteiger partial charge is 0.472 e. The minimum Gasteiger partial charge on any atom is -0.463 e. The summed E-state index contributed by atoms with van der Waals surface area (Å²) in [5.74, 6) is -2.35. The van der Waals surface area contributed by atoms with Crippen molar-refractivity contribution in [2.45, 2.75) is 511 Å². The van der Waals surface area contributed by atoms with Crippen molar-refractivity contribution in [3.63, 3.8) is 0 Å². The van der Waals surface area contributed by atoms with Crippen molar-refractivity contribution < 1.29 is 122 Å². The normalized spacial score (nSPS) is 25.2. The quantitative estimate of drug-likeness (QED) is 0.00889. The van der Waals surface area contributed by atoms with Gasteiger partial charge in [0.2, 0.25) is 0 Å². The van der Waals surface area contributed by atoms with Crippen molar-refractivity contribution >= 4 is 31.7 Å². The maximum Gasteiger partial charge on any atom is 0.472 e. The molecule has 19 atom stereocenters. The molecule has 0 bridgehead atoms. The number of phosphoric ester groups is 1. The fourth-order valence-electron chi connectivity index (χ4n) is 15.8. The van der Waals surface area contributed by atoms with Gasteiger partial charge in [-0.05, 0) is 83.0 Å². The molecule has 3 aliphatic rings. The van der Waals surface area contributed by atoms with Crippen molar-refractivity contribution in [1.82, 2.24) is 0 Å². The van der Waals surface area contributed by atoms with E-state index in [1.54, 1.807) is 0 Å². The summed E-state index contributed by atoms with van der Waals surface area (Å²) < 4.78 is 73.5. The second-order valence-corrected chi connectivity index (χ2v) is 35.9. The van der Waals surface area contributed by atoms with Gasteiger partial charge in [0.25, 0.3) is 0 Å². The Morgan fingerprint density at radius 3 is 1.10 bits per heavy atom. The van der Waals surface area contributed by atoms with Crippen molar-refractivity contribution in [3.05, 3.63) is 24.3 Å². The number of rotatable bonds is 77. The number of hydrogen-bond donors (Lipinski definition) is 10. The zero-order valence-corrected chi connectivity index (χ0v) is 75.5. The Morgan fingerprint density at radius 1 is 0.353 bits per heavy atom. The number of esters is 4. The first kappa shape index (κ1) is 110. The maximum absolute atomic E-state index is 14.9. The van der Waals surface area contributed by atoms with Crippen LogP contribution in [-0.2, 0) is 70.7 Å². The van der Waals surface area contributed by atoms with Gasteiger partial charge >= 0.3 is 31.7 Å². The standard InChI is InChI=1S/C93H171O25P/c1-6-10-14-18-22-25-28-31-33-35-38-41-44-47-54-60-66-78(97)112-73(69-109-76(95)64-58-52-45-42-40-37-34-32-29-26-23-19-15-11-7-2)70-111-119(107,108)118-91-89(116-92-86(105)82(101)80(99)74(68-94)113-92)85(104)84(103)88(115-79(98)67-61-55-49-48-51-57-63-72(5)62-56-50-21-17-13-9-4)90(91)117-93-87(106)83(102)81(100)75(114-93)71-110-77(96)65-59-53-46-43-39-36-30-27-24-20-16-12-8-3/h26,29,36,39,72-75,80-94,99-106H,6-25,27-28,30-35,37-38,40-71H2,1-5H3,(H,107,108)/b29-26-,39-36-. The smallest absolute Gasteiger partial charge is 0.463 e. The molecule has 698 valence electrons. The highest BCUT2D eigenvalue weighted by atomic mass is 31.2. The van der Waals surface area contributed by atoms with E-state index in [9.17, 15) is 74.6 Å². The molecular weight excluding hydrogens is 1550 g/mol. The molecule has 10 N–H and O–H groups in total. The molecule has 1 aliphatic carbocycles. The topological polar surface area (TPSA) is 380 Å². The molecule has 2 saturated heterocycles. The van der Waals surface area contributed by atoms with Crippen LogP contribution in [0.15, 0.2) is 24.3 Å². The van der Waals surface area contributed by atoms with E-state index in [-0.39, 0.29) is 25.7 Å². The first-order valence-corrected chi connectivity index (χ1v) is 49.5. The van der Waals surface area contributed by atoms with Crippen LogP contribution in [-0.4, -0.2) is 205 Å². The first-order chi connectivity index (χ1) is 57.6. The highest BCUT2D eigenvalue weighted by Gasteiger charge is 2.60. The van der Waals surface area contributed by atoms with Crippen LogP contribution in [0.5, 0.6) is 0 Å². The molecule has 119 heavy (non-hydrogen) atoms. The maximum atomic E-state index is 14.9. The molecule has 1 saturated carbocycles. The molecule has 25 nitrogen and oxygen atoms in total. The third-order valence-corrected chi connectivity index (χ3v) is 24.6. The molecule has 19 unspecified atom stereocenters. The number of ether oxygens (including phenoxy) is 8. The average Bonchev–Trinajstić information content (AvgIpc) is 0.754. The molecular formula is C93H171O25P. The Bertz CT molecular complexity index is 2580. The monoisotopic (exact) mass is 1720 g/mol. The molecule has 0 amide bonds. The van der Waals surface area contributed by atoms with Gasteiger partial charge < -0.3 is 88.7 Å². The highest BCUT2D eigenvalue weighted by molar-refractivity contribution is 7.47. The summed E-state index contributed by atoms with van der Waals surface area (Å²) in [5.41, 5.74) is 0. The summed E-state index contributed by atoms with van der Waals surface area (Å²) in [6.45, 7) is 7.88. The average molecular weight is 1720 g/mol. The summed E-state index contributed by atoms with van der Waals surface area (Å²) >= 11 is 0. The number of unbranched alkanes of at least 4 members (excludes halogenated alkanes) is 45. The molecule has 2 aliphatic heterocycles. The van der Waals surface area contributed by atoms with Gasteiger partial charge in [0.15, 0.2) is 24.8 Å². The van der Waals surface area contributed by atoms with Gasteiger partial charge in [-0.1, -0.05) is 329 Å². The van der Waals surface area contributed by atoms with Crippen LogP contribution in [0.25, 0.3) is 0 Å². The van der Waals surface area contributed by atoms with Gasteiger partial charge in [-0.2, -0.15) is 0 Å². The fourth-order valence-corrected chi connectivity index (χ4v) is 16.8. The minimum atomic E-state index is -5.81. The van der Waals surface area contributed by atoms with E-state index in [2.05, 4.69) is 58.9 Å². The van der Waals surface area contributed by atoms with Crippen molar-refractivity contribution in [2.24, 2.45) is 5.92 Å². The third-order valence-electron chi connectivity index (χ3n) is 23.6. The van der Waals surface area contributed by atoms with E-state index in [0.717, 1.165) is 141 Å². The van der Waals surface area contributed by atoms with E-state index in [1.165, 1.54) is 167 Å². The van der Waals surface area contributed by atoms with Gasteiger partial charge in [-0.25, -0.2) is 4.57 Å². The summed E-state index contributed by atoms with van der Waals surface area (Å²) in [6.07, 6.45) is 30.3. The predicted molar refractivity (Wildman–Crippen MR) is 462 cm³/mol. The van der Waals surface area contributed by atoms with Crippen LogP contribution in [0, 0.1) is 5.92 Å². The predicted octanol–water partition coefficient (Wildman–Crippen LogP) is 18.0. The number of hydrogen-bond acceptors (Lipinski definition) is 24. The molecule has 0 aromatic heterocycles. The third kappa shape index (κ3) is 51.4. The van der Waals surface area contributed by atoms with E-state index in [4.69, 9.17) is 46.9 Å².